The number of hydrogen-bond donors (Lipinski definition) is 0. The van der Waals surface area contributed by atoms with Gasteiger partial charge in [-0.25, -0.2) is 4.98 Å². The van der Waals surface area contributed by atoms with Crippen molar-refractivity contribution in [1.82, 2.24) is 9.55 Å². The molecule has 0 spiro atoms. The van der Waals surface area contributed by atoms with E-state index in [0.29, 0.717) is 23.3 Å². The van der Waals surface area contributed by atoms with Gasteiger partial charge in [-0.15, -0.1) is 53.6 Å². The summed E-state index contributed by atoms with van der Waals surface area (Å²) >= 11 is 0. The number of nitrogens with zero attached hydrogens (tertiary/aromatic N) is 4. The smallest absolute Gasteiger partial charge is 0.135 e. The van der Waals surface area contributed by atoms with E-state index in [0.717, 1.165) is 55.9 Å². The molecule has 2 aromatic heterocycles. The van der Waals surface area contributed by atoms with Crippen LogP contribution in [0, 0.1) is 18.8 Å². The minimum absolute atomic E-state index is 0. The van der Waals surface area contributed by atoms with Gasteiger partial charge in [0.15, 0.2) is 0 Å². The summed E-state index contributed by atoms with van der Waals surface area (Å²) < 4.78 is 9.40. The Morgan fingerprint density at radius 2 is 1.07 bits per heavy atom. The molecule has 0 N–H and O–H groups in total. The third-order valence-electron chi connectivity index (χ3n) is 16.6. The number of para-hydroxylation sites is 1. The fourth-order valence-corrected chi connectivity index (χ4v) is 11.6. The van der Waals surface area contributed by atoms with Gasteiger partial charge >= 0.3 is 0 Å². The summed E-state index contributed by atoms with van der Waals surface area (Å²) in [7, 11) is 0. The zero-order valence-electron chi connectivity index (χ0n) is 49.1. The molecule has 0 unspecified atom stereocenters. The van der Waals surface area contributed by atoms with Crippen molar-refractivity contribution < 1.29 is 25.8 Å². The van der Waals surface area contributed by atoms with Gasteiger partial charge in [0.2, 0.25) is 0 Å². The maximum atomic E-state index is 7.17. The monoisotopic (exact) mass is 1230 g/mol. The second kappa shape index (κ2) is 21.4. The minimum Gasteiger partial charge on any atom is -0.509 e. The summed E-state index contributed by atoms with van der Waals surface area (Å²) in [5.74, 6) is 2.69. The summed E-state index contributed by atoms with van der Waals surface area (Å²) in [6.07, 6.45) is 1.93. The Balaban J connectivity index is 0.00000720. The molecule has 0 fully saturated rings. The number of anilines is 4. The van der Waals surface area contributed by atoms with E-state index in [1.165, 1.54) is 50.1 Å². The molecular weight excluding hydrogens is 1160 g/mol. The largest absolute Gasteiger partial charge is 0.509 e. The number of hydrogen-bond acceptors (Lipinski definition) is 4. The first-order valence-electron chi connectivity index (χ1n) is 28.2. The molecule has 1 aliphatic rings. The first-order valence-corrected chi connectivity index (χ1v) is 28.2. The number of benzene rings is 8. The van der Waals surface area contributed by atoms with Crippen molar-refractivity contribution in [3.8, 4) is 28.4 Å². The predicted octanol–water partition coefficient (Wildman–Crippen LogP) is 20.1. The molecule has 5 nitrogen and oxygen atoms in total. The number of ether oxygens (including phenoxy) is 1. The Morgan fingerprint density at radius 3 is 1.69 bits per heavy atom. The van der Waals surface area contributed by atoms with E-state index in [1.54, 1.807) is 0 Å². The standard InChI is InChI=1S/C74H75N4O.Pt/c1-48(2)61-29-23-30-62(49(3)4)70(61)50-32-35-66-68(38-50)77(47-76(66)57-40-54(71(5,6)7)39-55(41-57)72(8,9)10)58-42-56(74(13,14)52-26-19-16-20-27-52)43-60(45-58)79-59-33-34-64-63-28-21-22-31-65(63)78(67(64)46-59)69-44-53(36-37-75-69)73(11,12)51-24-17-15-18-25-51;/h15-44,47-49H,1-14H3;/q-3;. The first kappa shape index (κ1) is 56.1. The fraction of sp³-hybridized carbons (Fsp3) is 0.270. The van der Waals surface area contributed by atoms with Crippen molar-refractivity contribution in [2.24, 2.45) is 0 Å². The molecule has 80 heavy (non-hydrogen) atoms. The number of aromatic nitrogens is 2. The van der Waals surface area contributed by atoms with Crippen LogP contribution >= 0.6 is 0 Å². The van der Waals surface area contributed by atoms with E-state index in [9.17, 15) is 0 Å². The van der Waals surface area contributed by atoms with Crippen LogP contribution in [0.5, 0.6) is 11.5 Å². The molecule has 0 bridgehead atoms. The summed E-state index contributed by atoms with van der Waals surface area (Å²) in [5, 5.41) is 2.20. The van der Waals surface area contributed by atoms with Gasteiger partial charge in [-0.3, -0.25) is 0 Å². The number of pyridine rings is 1. The van der Waals surface area contributed by atoms with Gasteiger partial charge in [0, 0.05) is 66.8 Å². The van der Waals surface area contributed by atoms with Gasteiger partial charge < -0.3 is 19.1 Å². The van der Waals surface area contributed by atoms with Crippen LogP contribution in [0.4, 0.5) is 22.7 Å². The molecule has 11 rings (SSSR count). The van der Waals surface area contributed by atoms with E-state index >= 15 is 0 Å². The van der Waals surface area contributed by atoms with Crippen molar-refractivity contribution >= 4 is 44.6 Å². The molecule has 0 atom stereocenters. The van der Waals surface area contributed by atoms with Crippen LogP contribution in [0.2, 0.25) is 0 Å². The molecule has 0 aliphatic carbocycles. The molecular formula is C74H75N4OPt-3. The average molecular weight is 1230 g/mol. The summed E-state index contributed by atoms with van der Waals surface area (Å²) in [5.41, 5.74) is 17.8. The Morgan fingerprint density at radius 1 is 0.475 bits per heavy atom. The average Bonchev–Trinajstić information content (AvgIpc) is 4.06. The minimum atomic E-state index is -0.414. The van der Waals surface area contributed by atoms with Gasteiger partial charge in [-0.05, 0) is 126 Å². The van der Waals surface area contributed by atoms with Crippen LogP contribution in [0.1, 0.15) is 153 Å². The quantitative estimate of drug-likeness (QED) is 0.114. The molecule has 0 saturated carbocycles. The van der Waals surface area contributed by atoms with Crippen LogP contribution < -0.4 is 14.5 Å². The second-order valence-electron chi connectivity index (χ2n) is 25.5. The molecule has 8 aromatic carbocycles. The van der Waals surface area contributed by atoms with E-state index < -0.39 is 5.41 Å². The van der Waals surface area contributed by atoms with Gasteiger partial charge in [0.25, 0.3) is 0 Å². The molecule has 0 amide bonds. The maximum absolute atomic E-state index is 7.17. The SMILES string of the molecule is CC(C)c1cccc(C(C)C)c1-c1ccc2c(c1)N(c1[c-]c(Oc3[c-]c4c(cc3)c3ccccc3n4-c3cc(C(C)(C)c4ccccc4)ccn3)cc(C(C)(C)c3ccccc3)c1)[CH-]N2c1cc(C(C)(C)C)cc(C(C)(C)C)c1.[Pt]. The molecule has 10 aromatic rings. The van der Waals surface area contributed by atoms with Crippen LogP contribution in [0.25, 0.3) is 38.8 Å². The van der Waals surface area contributed by atoms with Gasteiger partial charge in [-0.1, -0.05) is 212 Å². The van der Waals surface area contributed by atoms with E-state index in [2.05, 4.69) is 300 Å². The number of fused-ring (bicyclic) bond motifs is 4. The molecule has 0 radical (unpaired) electrons. The summed E-state index contributed by atoms with van der Waals surface area (Å²) in [6, 6.07) is 71.8. The van der Waals surface area contributed by atoms with Crippen LogP contribution in [0.3, 0.4) is 0 Å². The normalized spacial score (nSPS) is 13.2. The molecule has 3 heterocycles. The van der Waals surface area contributed by atoms with Crippen LogP contribution in [-0.2, 0) is 42.7 Å². The predicted molar refractivity (Wildman–Crippen MR) is 332 cm³/mol. The van der Waals surface area contributed by atoms with E-state index in [4.69, 9.17) is 9.72 Å². The van der Waals surface area contributed by atoms with Gasteiger partial charge in [-0.2, -0.15) is 6.07 Å². The molecule has 410 valence electrons. The zero-order valence-corrected chi connectivity index (χ0v) is 51.3. The van der Waals surface area contributed by atoms with Crippen LogP contribution in [-0.4, -0.2) is 9.55 Å². The van der Waals surface area contributed by atoms with Crippen molar-refractivity contribution in [1.29, 1.82) is 0 Å². The maximum Gasteiger partial charge on any atom is 0.135 e. The Hall–Kier alpha value is -7.20. The fourth-order valence-electron chi connectivity index (χ4n) is 11.6. The summed E-state index contributed by atoms with van der Waals surface area (Å²) in [6.45, 7) is 34.5. The molecule has 6 heteroatoms. The van der Waals surface area contributed by atoms with E-state index in [-0.39, 0.29) is 37.3 Å². The summed E-state index contributed by atoms with van der Waals surface area (Å²) in [4.78, 5) is 9.76. The second-order valence-corrected chi connectivity index (χ2v) is 25.5. The third kappa shape index (κ3) is 10.4. The van der Waals surface area contributed by atoms with Gasteiger partial charge in [0.1, 0.15) is 5.82 Å². The van der Waals surface area contributed by atoms with Gasteiger partial charge in [0.05, 0.1) is 0 Å². The molecule has 0 saturated heterocycles. The Bertz CT molecular complexity index is 3830. The topological polar surface area (TPSA) is 33.5 Å². The van der Waals surface area contributed by atoms with Crippen molar-refractivity contribution in [3.05, 3.63) is 245 Å². The van der Waals surface area contributed by atoms with Crippen molar-refractivity contribution in [2.75, 3.05) is 9.80 Å². The molecule has 1 aliphatic heterocycles. The third-order valence-corrected chi connectivity index (χ3v) is 16.6. The van der Waals surface area contributed by atoms with Crippen LogP contribution in [0.15, 0.2) is 182 Å². The zero-order chi connectivity index (χ0) is 55.8. The number of rotatable bonds is 12. The Kier molecular flexibility index (Phi) is 15.0. The van der Waals surface area contributed by atoms with Crippen molar-refractivity contribution in [3.63, 3.8) is 0 Å². The van der Waals surface area contributed by atoms with Crippen molar-refractivity contribution in [2.45, 2.75) is 130 Å². The van der Waals surface area contributed by atoms with E-state index in [1.807, 2.05) is 12.3 Å². The Labute approximate surface area is 491 Å². The first-order chi connectivity index (χ1) is 37.6.